The van der Waals surface area contributed by atoms with Crippen molar-refractivity contribution in [2.45, 2.75) is 45.8 Å². The normalized spacial score (nSPS) is 32.7. The van der Waals surface area contributed by atoms with Crippen LogP contribution in [0.2, 0.25) is 0 Å². The fraction of sp³-hybridized carbons (Fsp3) is 1.00. The highest BCUT2D eigenvalue weighted by molar-refractivity contribution is 4.82. The van der Waals surface area contributed by atoms with Gasteiger partial charge in [0.05, 0.1) is 12.2 Å². The zero-order chi connectivity index (χ0) is 8.48. The summed E-state index contributed by atoms with van der Waals surface area (Å²) in [6, 6.07) is 0. The first-order chi connectivity index (χ1) is 5.04. The van der Waals surface area contributed by atoms with Crippen LogP contribution in [0.5, 0.6) is 0 Å². The van der Waals surface area contributed by atoms with Gasteiger partial charge in [-0.05, 0) is 18.3 Å². The molecule has 1 rings (SSSR count). The first kappa shape index (κ1) is 9.01. The minimum Gasteiger partial charge on any atom is -0.373 e. The molecule has 2 nitrogen and oxygen atoms in total. The Hall–Kier alpha value is -0.0800. The SMILES string of the molecule is CC(C)(C)[C@@H]1CC[C@@H](CN)O1. The molecule has 66 valence electrons. The maximum absolute atomic E-state index is 5.75. The van der Waals surface area contributed by atoms with E-state index in [2.05, 4.69) is 20.8 Å². The number of hydrogen-bond donors (Lipinski definition) is 1. The van der Waals surface area contributed by atoms with Crippen LogP contribution in [0.15, 0.2) is 0 Å². The van der Waals surface area contributed by atoms with Crippen molar-refractivity contribution in [3.8, 4) is 0 Å². The summed E-state index contributed by atoms with van der Waals surface area (Å²) in [5.74, 6) is 0. The van der Waals surface area contributed by atoms with Gasteiger partial charge in [-0.3, -0.25) is 0 Å². The van der Waals surface area contributed by atoms with Gasteiger partial charge in [0.2, 0.25) is 0 Å². The second-order valence-corrected chi connectivity index (χ2v) is 4.43. The standard InChI is InChI=1S/C9H19NO/c1-9(2,3)8-5-4-7(6-10)11-8/h7-8H,4-6,10H2,1-3H3/t7-,8-/m0/s1. The zero-order valence-electron chi connectivity index (χ0n) is 7.76. The highest BCUT2D eigenvalue weighted by atomic mass is 16.5. The molecule has 11 heavy (non-hydrogen) atoms. The van der Waals surface area contributed by atoms with Gasteiger partial charge in [0.25, 0.3) is 0 Å². The third-order valence-corrected chi connectivity index (χ3v) is 2.34. The van der Waals surface area contributed by atoms with Crippen LogP contribution in [0.3, 0.4) is 0 Å². The smallest absolute Gasteiger partial charge is 0.0702 e. The molecule has 0 aliphatic carbocycles. The van der Waals surface area contributed by atoms with Gasteiger partial charge < -0.3 is 10.5 Å². The Labute approximate surface area is 69.1 Å². The van der Waals surface area contributed by atoms with E-state index < -0.39 is 0 Å². The molecule has 0 radical (unpaired) electrons. The summed E-state index contributed by atoms with van der Waals surface area (Å²) in [6.07, 6.45) is 3.04. The summed E-state index contributed by atoms with van der Waals surface area (Å²) in [4.78, 5) is 0. The fourth-order valence-corrected chi connectivity index (χ4v) is 1.52. The molecular formula is C9H19NO. The third kappa shape index (κ3) is 2.17. The second-order valence-electron chi connectivity index (χ2n) is 4.43. The maximum atomic E-state index is 5.75. The Bertz CT molecular complexity index is 128. The number of hydrogen-bond acceptors (Lipinski definition) is 2. The first-order valence-corrected chi connectivity index (χ1v) is 4.39. The predicted molar refractivity (Wildman–Crippen MR) is 46.4 cm³/mol. The summed E-state index contributed by atoms with van der Waals surface area (Å²) in [5.41, 5.74) is 5.80. The van der Waals surface area contributed by atoms with E-state index in [1.54, 1.807) is 0 Å². The monoisotopic (exact) mass is 157 g/mol. The predicted octanol–water partition coefficient (Wildman–Crippen LogP) is 1.54. The molecule has 0 unspecified atom stereocenters. The van der Waals surface area contributed by atoms with Crippen LogP contribution >= 0.6 is 0 Å². The van der Waals surface area contributed by atoms with E-state index >= 15 is 0 Å². The minimum absolute atomic E-state index is 0.282. The molecule has 1 fully saturated rings. The largest absolute Gasteiger partial charge is 0.373 e. The van der Waals surface area contributed by atoms with Crippen LogP contribution in [-0.4, -0.2) is 18.8 Å². The molecule has 2 N–H and O–H groups in total. The molecule has 0 spiro atoms. The highest BCUT2D eigenvalue weighted by Gasteiger charge is 2.32. The maximum Gasteiger partial charge on any atom is 0.0702 e. The molecule has 0 saturated carbocycles. The van der Waals surface area contributed by atoms with Gasteiger partial charge in [-0.1, -0.05) is 20.8 Å². The van der Waals surface area contributed by atoms with Crippen LogP contribution in [0, 0.1) is 5.41 Å². The van der Waals surface area contributed by atoms with E-state index in [0.717, 1.165) is 6.42 Å². The first-order valence-electron chi connectivity index (χ1n) is 4.39. The molecule has 0 aromatic heterocycles. The number of ether oxygens (including phenoxy) is 1. The number of nitrogens with two attached hydrogens (primary N) is 1. The molecule has 1 heterocycles. The summed E-state index contributed by atoms with van der Waals surface area (Å²) in [6.45, 7) is 7.33. The van der Waals surface area contributed by atoms with Gasteiger partial charge in [0, 0.05) is 6.54 Å². The van der Waals surface area contributed by atoms with Gasteiger partial charge in [0.15, 0.2) is 0 Å². The molecule has 1 aliphatic heterocycles. The van der Waals surface area contributed by atoms with Crippen LogP contribution in [-0.2, 0) is 4.74 Å². The van der Waals surface area contributed by atoms with Crippen LogP contribution in [0.1, 0.15) is 33.6 Å². The Morgan fingerprint density at radius 2 is 2.00 bits per heavy atom. The topological polar surface area (TPSA) is 35.2 Å². The van der Waals surface area contributed by atoms with E-state index in [1.807, 2.05) is 0 Å². The quantitative estimate of drug-likeness (QED) is 0.626. The molecule has 2 atom stereocenters. The second kappa shape index (κ2) is 3.11. The van der Waals surface area contributed by atoms with E-state index in [1.165, 1.54) is 6.42 Å². The van der Waals surface area contributed by atoms with Crippen molar-refractivity contribution in [1.29, 1.82) is 0 Å². The van der Waals surface area contributed by atoms with E-state index in [4.69, 9.17) is 10.5 Å². The van der Waals surface area contributed by atoms with Crippen molar-refractivity contribution >= 4 is 0 Å². The lowest BCUT2D eigenvalue weighted by molar-refractivity contribution is -0.0117. The third-order valence-electron chi connectivity index (χ3n) is 2.34. The molecule has 0 aromatic rings. The lowest BCUT2D eigenvalue weighted by atomic mass is 9.87. The molecule has 0 bridgehead atoms. The van der Waals surface area contributed by atoms with Gasteiger partial charge >= 0.3 is 0 Å². The molecule has 1 aliphatic rings. The fourth-order valence-electron chi connectivity index (χ4n) is 1.52. The van der Waals surface area contributed by atoms with Crippen molar-refractivity contribution in [3.05, 3.63) is 0 Å². The summed E-state index contributed by atoms with van der Waals surface area (Å²) < 4.78 is 5.75. The van der Waals surface area contributed by atoms with Crippen molar-refractivity contribution < 1.29 is 4.74 Å². The minimum atomic E-state index is 0.282. The van der Waals surface area contributed by atoms with Crippen molar-refractivity contribution in [3.63, 3.8) is 0 Å². The molecule has 0 aromatic carbocycles. The van der Waals surface area contributed by atoms with Crippen LogP contribution < -0.4 is 5.73 Å². The average Bonchev–Trinajstić information content (AvgIpc) is 2.32. The van der Waals surface area contributed by atoms with Crippen molar-refractivity contribution in [2.24, 2.45) is 11.1 Å². The summed E-state index contributed by atoms with van der Waals surface area (Å²) in [7, 11) is 0. The Morgan fingerprint density at radius 3 is 2.27 bits per heavy atom. The van der Waals surface area contributed by atoms with Crippen molar-refractivity contribution in [1.82, 2.24) is 0 Å². The molecule has 2 heteroatoms. The van der Waals surface area contributed by atoms with E-state index in [0.29, 0.717) is 18.8 Å². The Kier molecular flexibility index (Phi) is 2.55. The zero-order valence-corrected chi connectivity index (χ0v) is 7.76. The molecular weight excluding hydrogens is 138 g/mol. The summed E-state index contributed by atoms with van der Waals surface area (Å²) in [5, 5.41) is 0. The highest BCUT2D eigenvalue weighted by Crippen LogP contribution is 2.32. The van der Waals surface area contributed by atoms with Crippen LogP contribution in [0.25, 0.3) is 0 Å². The van der Waals surface area contributed by atoms with Gasteiger partial charge in [0.1, 0.15) is 0 Å². The van der Waals surface area contributed by atoms with Gasteiger partial charge in [-0.15, -0.1) is 0 Å². The average molecular weight is 157 g/mol. The summed E-state index contributed by atoms with van der Waals surface area (Å²) >= 11 is 0. The molecule has 0 amide bonds. The molecule has 1 saturated heterocycles. The Balaban J connectivity index is 2.42. The van der Waals surface area contributed by atoms with E-state index in [9.17, 15) is 0 Å². The Morgan fingerprint density at radius 1 is 1.36 bits per heavy atom. The van der Waals surface area contributed by atoms with Crippen LogP contribution in [0.4, 0.5) is 0 Å². The number of rotatable bonds is 1. The van der Waals surface area contributed by atoms with E-state index in [-0.39, 0.29) is 5.41 Å². The lowest BCUT2D eigenvalue weighted by Gasteiger charge is -2.26. The van der Waals surface area contributed by atoms with Gasteiger partial charge in [-0.2, -0.15) is 0 Å². The lowest BCUT2D eigenvalue weighted by Crippen LogP contribution is -2.28. The van der Waals surface area contributed by atoms with Crippen molar-refractivity contribution in [2.75, 3.05) is 6.54 Å². The van der Waals surface area contributed by atoms with Gasteiger partial charge in [-0.25, -0.2) is 0 Å².